The first kappa shape index (κ1) is 13.1. The Labute approximate surface area is 93.1 Å². The normalized spacial score (nSPS) is 11.0. The van der Waals surface area contributed by atoms with E-state index in [2.05, 4.69) is 37.9 Å². The molecule has 0 saturated heterocycles. The second kappa shape index (κ2) is 10.1. The van der Waals surface area contributed by atoms with Gasteiger partial charge in [0.05, 0.1) is 0 Å². The smallest absolute Gasteiger partial charge is 0.0442 e. The molecule has 0 bridgehead atoms. The van der Waals surface area contributed by atoms with Crippen molar-refractivity contribution in [3.05, 3.63) is 0 Å². The molecule has 0 amide bonds. The summed E-state index contributed by atoms with van der Waals surface area (Å²) in [5, 5.41) is 0. The van der Waals surface area contributed by atoms with E-state index in [1.165, 1.54) is 38.5 Å². The minimum absolute atomic E-state index is 0.280. The molecule has 74 valence electrons. The first-order chi connectivity index (χ1) is 5.77. The van der Waals surface area contributed by atoms with E-state index >= 15 is 0 Å². The standard InChI is InChI=1S/C9H20S3/c10-8-6-4-2-1-3-5-7-9(11)12/h9-12H,1-8H2. The lowest BCUT2D eigenvalue weighted by atomic mass is 10.1. The highest BCUT2D eigenvalue weighted by Crippen LogP contribution is 2.13. The van der Waals surface area contributed by atoms with Crippen LogP contribution in [0.2, 0.25) is 0 Å². The summed E-state index contributed by atoms with van der Waals surface area (Å²) >= 11 is 12.6. The molecular formula is C9H20S3. The van der Waals surface area contributed by atoms with Gasteiger partial charge in [-0.25, -0.2) is 0 Å². The van der Waals surface area contributed by atoms with Crippen molar-refractivity contribution in [2.45, 2.75) is 49.5 Å². The maximum atomic E-state index is 4.21. The Kier molecular flexibility index (Phi) is 11.0. The Morgan fingerprint density at radius 3 is 1.75 bits per heavy atom. The van der Waals surface area contributed by atoms with Crippen LogP contribution in [-0.4, -0.2) is 10.3 Å². The maximum absolute atomic E-state index is 4.21. The summed E-state index contributed by atoms with van der Waals surface area (Å²) in [4.78, 5) is 0. The van der Waals surface area contributed by atoms with Gasteiger partial charge in [-0.15, -0.1) is 0 Å². The van der Waals surface area contributed by atoms with Crippen molar-refractivity contribution in [3.63, 3.8) is 0 Å². The number of unbranched alkanes of at least 4 members (excludes halogenated alkanes) is 5. The fourth-order valence-corrected chi connectivity index (χ4v) is 1.73. The van der Waals surface area contributed by atoms with Gasteiger partial charge in [0, 0.05) is 4.58 Å². The third-order valence-electron chi connectivity index (χ3n) is 1.87. The average Bonchev–Trinajstić information content (AvgIpc) is 2.02. The molecule has 0 saturated carbocycles. The largest absolute Gasteiger partial charge is 0.179 e. The summed E-state index contributed by atoms with van der Waals surface area (Å²) in [5.41, 5.74) is 0. The summed E-state index contributed by atoms with van der Waals surface area (Å²) in [5.74, 6) is 1.04. The highest BCUT2D eigenvalue weighted by molar-refractivity contribution is 7.99. The molecule has 0 aromatic rings. The van der Waals surface area contributed by atoms with E-state index in [-0.39, 0.29) is 4.58 Å². The van der Waals surface area contributed by atoms with Crippen LogP contribution in [-0.2, 0) is 0 Å². The van der Waals surface area contributed by atoms with Crippen molar-refractivity contribution in [1.82, 2.24) is 0 Å². The van der Waals surface area contributed by atoms with E-state index in [0.717, 1.165) is 12.2 Å². The zero-order valence-corrected chi connectivity index (χ0v) is 10.3. The minimum Gasteiger partial charge on any atom is -0.179 e. The molecule has 0 spiro atoms. The predicted octanol–water partition coefficient (Wildman–Crippen LogP) is 3.83. The molecule has 0 rings (SSSR count). The molecule has 0 aliphatic rings. The third kappa shape index (κ3) is 11.1. The van der Waals surface area contributed by atoms with E-state index in [9.17, 15) is 0 Å². The second-order valence-corrected chi connectivity index (χ2v) is 5.22. The van der Waals surface area contributed by atoms with E-state index in [1.807, 2.05) is 0 Å². The monoisotopic (exact) mass is 224 g/mol. The van der Waals surface area contributed by atoms with Gasteiger partial charge in [0.25, 0.3) is 0 Å². The van der Waals surface area contributed by atoms with Gasteiger partial charge in [-0.2, -0.15) is 37.9 Å². The molecule has 0 aliphatic heterocycles. The fourth-order valence-electron chi connectivity index (χ4n) is 1.15. The van der Waals surface area contributed by atoms with Crippen LogP contribution in [0.15, 0.2) is 0 Å². The number of hydrogen-bond donors (Lipinski definition) is 3. The van der Waals surface area contributed by atoms with Gasteiger partial charge in [0.2, 0.25) is 0 Å². The Morgan fingerprint density at radius 1 is 0.750 bits per heavy atom. The fraction of sp³-hybridized carbons (Fsp3) is 1.00. The lowest BCUT2D eigenvalue weighted by Crippen LogP contribution is -1.87. The van der Waals surface area contributed by atoms with E-state index in [4.69, 9.17) is 0 Å². The van der Waals surface area contributed by atoms with Crippen molar-refractivity contribution in [2.24, 2.45) is 0 Å². The van der Waals surface area contributed by atoms with Crippen molar-refractivity contribution >= 4 is 37.9 Å². The summed E-state index contributed by atoms with van der Waals surface area (Å²) in [6.07, 6.45) is 9.09. The van der Waals surface area contributed by atoms with Gasteiger partial charge in [-0.05, 0) is 18.6 Å². The van der Waals surface area contributed by atoms with Crippen molar-refractivity contribution in [1.29, 1.82) is 0 Å². The van der Waals surface area contributed by atoms with Crippen molar-refractivity contribution in [2.75, 3.05) is 5.75 Å². The minimum atomic E-state index is 0.280. The van der Waals surface area contributed by atoms with Gasteiger partial charge < -0.3 is 0 Å². The highest BCUT2D eigenvalue weighted by atomic mass is 32.2. The van der Waals surface area contributed by atoms with Crippen LogP contribution in [0.1, 0.15) is 44.9 Å². The van der Waals surface area contributed by atoms with Crippen LogP contribution in [0.4, 0.5) is 0 Å². The number of hydrogen-bond acceptors (Lipinski definition) is 3. The SMILES string of the molecule is SCCCCCCCCC(S)S. The van der Waals surface area contributed by atoms with Gasteiger partial charge in [-0.3, -0.25) is 0 Å². The van der Waals surface area contributed by atoms with Gasteiger partial charge in [0.15, 0.2) is 0 Å². The van der Waals surface area contributed by atoms with E-state index in [1.54, 1.807) is 0 Å². The molecular weight excluding hydrogens is 204 g/mol. The summed E-state index contributed by atoms with van der Waals surface area (Å²) in [7, 11) is 0. The number of thiol groups is 3. The quantitative estimate of drug-likeness (QED) is 0.311. The first-order valence-corrected chi connectivity index (χ1v) is 6.41. The zero-order valence-electron chi connectivity index (χ0n) is 7.58. The van der Waals surface area contributed by atoms with Gasteiger partial charge >= 0.3 is 0 Å². The van der Waals surface area contributed by atoms with Crippen LogP contribution >= 0.6 is 37.9 Å². The molecule has 0 aliphatic carbocycles. The van der Waals surface area contributed by atoms with E-state index < -0.39 is 0 Å². The van der Waals surface area contributed by atoms with Crippen LogP contribution in [0.3, 0.4) is 0 Å². The van der Waals surface area contributed by atoms with Crippen LogP contribution in [0, 0.1) is 0 Å². The molecule has 0 radical (unpaired) electrons. The molecule has 0 atom stereocenters. The molecule has 0 unspecified atom stereocenters. The molecule has 3 heteroatoms. The summed E-state index contributed by atoms with van der Waals surface area (Å²) in [6.45, 7) is 0. The Hall–Kier alpha value is 1.05. The van der Waals surface area contributed by atoms with Gasteiger partial charge in [-0.1, -0.05) is 32.1 Å². The maximum Gasteiger partial charge on any atom is 0.0442 e. The molecule has 0 aromatic heterocycles. The number of rotatable bonds is 8. The molecule has 0 fully saturated rings. The van der Waals surface area contributed by atoms with Crippen molar-refractivity contribution in [3.8, 4) is 0 Å². The Bertz CT molecular complexity index is 83.8. The topological polar surface area (TPSA) is 0 Å². The van der Waals surface area contributed by atoms with Crippen LogP contribution in [0.5, 0.6) is 0 Å². The van der Waals surface area contributed by atoms with Gasteiger partial charge in [0.1, 0.15) is 0 Å². The van der Waals surface area contributed by atoms with Crippen molar-refractivity contribution < 1.29 is 0 Å². The molecule has 12 heavy (non-hydrogen) atoms. The summed E-state index contributed by atoms with van der Waals surface area (Å²) < 4.78 is 0.280. The highest BCUT2D eigenvalue weighted by Gasteiger charge is 1.95. The molecule has 0 nitrogen and oxygen atoms in total. The summed E-state index contributed by atoms with van der Waals surface area (Å²) in [6, 6.07) is 0. The molecule has 0 N–H and O–H groups in total. The lowest BCUT2D eigenvalue weighted by Gasteiger charge is -2.02. The zero-order chi connectivity index (χ0) is 9.23. The van der Waals surface area contributed by atoms with E-state index in [0.29, 0.717) is 0 Å². The average molecular weight is 224 g/mol. The molecule has 0 heterocycles. The Balaban J connectivity index is 2.82. The Morgan fingerprint density at radius 2 is 1.25 bits per heavy atom. The van der Waals surface area contributed by atoms with Crippen LogP contribution in [0.25, 0.3) is 0 Å². The first-order valence-electron chi connectivity index (χ1n) is 4.74. The predicted molar refractivity (Wildman–Crippen MR) is 67.9 cm³/mol. The third-order valence-corrected chi connectivity index (χ3v) is 2.70. The van der Waals surface area contributed by atoms with Crippen LogP contribution < -0.4 is 0 Å². The lowest BCUT2D eigenvalue weighted by molar-refractivity contribution is 0.602. The molecule has 0 aromatic carbocycles. The second-order valence-electron chi connectivity index (χ2n) is 3.11.